The predicted octanol–water partition coefficient (Wildman–Crippen LogP) is 0.559. The topological polar surface area (TPSA) is 46.6 Å². The zero-order valence-corrected chi connectivity index (χ0v) is 8.81. The van der Waals surface area contributed by atoms with Crippen LogP contribution in [0.15, 0.2) is 0 Å². The highest BCUT2D eigenvalue weighted by Crippen LogP contribution is 2.48. The molecule has 3 fully saturated rings. The van der Waals surface area contributed by atoms with Gasteiger partial charge in [0.25, 0.3) is 0 Å². The van der Waals surface area contributed by atoms with E-state index in [4.69, 9.17) is 4.74 Å². The molecule has 0 radical (unpaired) electrons. The van der Waals surface area contributed by atoms with Gasteiger partial charge >= 0.3 is 0 Å². The molecule has 0 aromatic heterocycles. The van der Waals surface area contributed by atoms with E-state index < -0.39 is 0 Å². The van der Waals surface area contributed by atoms with Crippen LogP contribution in [0.2, 0.25) is 0 Å². The number of amides is 2. The quantitative estimate of drug-likeness (QED) is 0.624. The fraction of sp³-hybridized carbons (Fsp3) is 0.818. The Balaban J connectivity index is 1.90. The number of carbonyl (C=O) groups is 2. The lowest BCUT2D eigenvalue weighted by atomic mass is 9.81. The molecule has 0 aromatic carbocycles. The Kier molecular flexibility index (Phi) is 1.89. The Bertz CT molecular complexity index is 300. The SMILES string of the molecule is CCCN1C(=O)[C@@H]2[C@@H](C1=O)[C@H]1CC[C@@H]2O1. The van der Waals surface area contributed by atoms with Gasteiger partial charge in [0, 0.05) is 6.54 Å². The molecule has 15 heavy (non-hydrogen) atoms. The van der Waals surface area contributed by atoms with E-state index >= 15 is 0 Å². The average Bonchev–Trinajstić information content (AvgIpc) is 2.87. The van der Waals surface area contributed by atoms with E-state index in [9.17, 15) is 9.59 Å². The van der Waals surface area contributed by atoms with Crippen molar-refractivity contribution in [1.29, 1.82) is 0 Å². The van der Waals surface area contributed by atoms with Crippen molar-refractivity contribution in [2.75, 3.05) is 6.54 Å². The Morgan fingerprint density at radius 3 is 2.20 bits per heavy atom. The van der Waals surface area contributed by atoms with Crippen LogP contribution < -0.4 is 0 Å². The van der Waals surface area contributed by atoms with Crippen molar-refractivity contribution in [2.24, 2.45) is 11.8 Å². The molecular formula is C11H15NO3. The van der Waals surface area contributed by atoms with Gasteiger partial charge < -0.3 is 4.74 Å². The molecule has 3 saturated heterocycles. The maximum atomic E-state index is 12.0. The van der Waals surface area contributed by atoms with Gasteiger partial charge in [-0.25, -0.2) is 0 Å². The minimum absolute atomic E-state index is 0.0130. The lowest BCUT2D eigenvalue weighted by Crippen LogP contribution is -2.34. The van der Waals surface area contributed by atoms with Gasteiger partial charge in [0.05, 0.1) is 24.0 Å². The third-order valence-corrected chi connectivity index (χ3v) is 3.82. The maximum absolute atomic E-state index is 12.0. The summed E-state index contributed by atoms with van der Waals surface area (Å²) >= 11 is 0. The number of hydrogen-bond acceptors (Lipinski definition) is 3. The molecule has 2 bridgehead atoms. The van der Waals surface area contributed by atoms with Gasteiger partial charge in [0.1, 0.15) is 0 Å². The van der Waals surface area contributed by atoms with E-state index in [1.807, 2.05) is 6.92 Å². The average molecular weight is 209 g/mol. The number of hydrogen-bond donors (Lipinski definition) is 0. The monoisotopic (exact) mass is 209 g/mol. The summed E-state index contributed by atoms with van der Waals surface area (Å²) in [6, 6.07) is 0. The van der Waals surface area contributed by atoms with Crippen LogP contribution in [0, 0.1) is 11.8 Å². The van der Waals surface area contributed by atoms with Gasteiger partial charge in [-0.15, -0.1) is 0 Å². The van der Waals surface area contributed by atoms with Crippen LogP contribution >= 0.6 is 0 Å². The van der Waals surface area contributed by atoms with Gasteiger partial charge in [-0.3, -0.25) is 14.5 Å². The van der Waals surface area contributed by atoms with Crippen molar-refractivity contribution in [3.05, 3.63) is 0 Å². The molecular weight excluding hydrogens is 194 g/mol. The normalized spacial score (nSPS) is 42.9. The summed E-state index contributed by atoms with van der Waals surface area (Å²) in [7, 11) is 0. The van der Waals surface area contributed by atoms with E-state index in [-0.39, 0.29) is 35.9 Å². The zero-order chi connectivity index (χ0) is 10.6. The number of carbonyl (C=O) groups excluding carboxylic acids is 2. The summed E-state index contributed by atoms with van der Waals surface area (Å²) in [6.45, 7) is 2.56. The molecule has 3 rings (SSSR count). The van der Waals surface area contributed by atoms with Crippen molar-refractivity contribution in [1.82, 2.24) is 4.90 Å². The van der Waals surface area contributed by atoms with Crippen LogP contribution in [0.4, 0.5) is 0 Å². The number of fused-ring (bicyclic) bond motifs is 5. The molecule has 3 aliphatic heterocycles. The molecule has 3 heterocycles. The molecule has 0 N–H and O–H groups in total. The van der Waals surface area contributed by atoms with Crippen LogP contribution in [0.3, 0.4) is 0 Å². The Hall–Kier alpha value is -0.900. The van der Waals surface area contributed by atoms with Gasteiger partial charge in [-0.05, 0) is 19.3 Å². The van der Waals surface area contributed by atoms with Crippen molar-refractivity contribution < 1.29 is 14.3 Å². The molecule has 4 nitrogen and oxygen atoms in total. The summed E-state index contributed by atoms with van der Waals surface area (Å²) in [5.74, 6) is -0.274. The highest BCUT2D eigenvalue weighted by Gasteiger charge is 2.61. The second kappa shape index (κ2) is 3.04. The summed E-state index contributed by atoms with van der Waals surface area (Å²) in [5.41, 5.74) is 0. The van der Waals surface area contributed by atoms with Crippen molar-refractivity contribution in [2.45, 2.75) is 38.4 Å². The number of ether oxygens (including phenoxy) is 1. The summed E-state index contributed by atoms with van der Waals surface area (Å²) in [5, 5.41) is 0. The number of imide groups is 1. The third-order valence-electron chi connectivity index (χ3n) is 3.82. The van der Waals surface area contributed by atoms with E-state index in [0.29, 0.717) is 6.54 Å². The van der Waals surface area contributed by atoms with Crippen LogP contribution in [0.5, 0.6) is 0 Å². The first-order valence-electron chi connectivity index (χ1n) is 5.74. The first-order valence-corrected chi connectivity index (χ1v) is 5.74. The molecule has 0 saturated carbocycles. The minimum atomic E-state index is -0.150. The maximum Gasteiger partial charge on any atom is 0.235 e. The molecule has 0 aliphatic carbocycles. The van der Waals surface area contributed by atoms with E-state index in [1.54, 1.807) is 0 Å². The zero-order valence-electron chi connectivity index (χ0n) is 8.81. The number of rotatable bonds is 2. The van der Waals surface area contributed by atoms with Gasteiger partial charge in [0.15, 0.2) is 0 Å². The van der Waals surface area contributed by atoms with Crippen LogP contribution in [0.25, 0.3) is 0 Å². The van der Waals surface area contributed by atoms with Crippen LogP contribution in [-0.4, -0.2) is 35.5 Å². The Labute approximate surface area is 88.6 Å². The largest absolute Gasteiger partial charge is 0.373 e. The predicted molar refractivity (Wildman–Crippen MR) is 51.9 cm³/mol. The highest BCUT2D eigenvalue weighted by atomic mass is 16.5. The second-order valence-electron chi connectivity index (χ2n) is 4.67. The van der Waals surface area contributed by atoms with E-state index in [1.165, 1.54) is 4.90 Å². The number of likely N-dealkylation sites (tertiary alicyclic amines) is 1. The van der Waals surface area contributed by atoms with Crippen molar-refractivity contribution in [3.8, 4) is 0 Å². The van der Waals surface area contributed by atoms with E-state index in [2.05, 4.69) is 0 Å². The molecule has 3 aliphatic rings. The summed E-state index contributed by atoms with van der Waals surface area (Å²) in [6.07, 6.45) is 2.79. The van der Waals surface area contributed by atoms with Crippen molar-refractivity contribution in [3.63, 3.8) is 0 Å². The molecule has 82 valence electrons. The van der Waals surface area contributed by atoms with E-state index in [0.717, 1.165) is 19.3 Å². The minimum Gasteiger partial charge on any atom is -0.373 e. The van der Waals surface area contributed by atoms with Gasteiger partial charge in [-0.2, -0.15) is 0 Å². The molecule has 0 spiro atoms. The number of nitrogens with zero attached hydrogens (tertiary/aromatic N) is 1. The molecule has 0 unspecified atom stereocenters. The molecule has 4 atom stereocenters. The third kappa shape index (κ3) is 1.06. The van der Waals surface area contributed by atoms with Crippen molar-refractivity contribution >= 4 is 11.8 Å². The Morgan fingerprint density at radius 2 is 1.73 bits per heavy atom. The first kappa shape index (κ1) is 9.33. The first-order chi connectivity index (χ1) is 7.24. The lowest BCUT2D eigenvalue weighted by molar-refractivity contribution is -0.142. The van der Waals surface area contributed by atoms with Gasteiger partial charge in [0.2, 0.25) is 11.8 Å². The second-order valence-corrected chi connectivity index (χ2v) is 4.67. The standard InChI is InChI=1S/C11H15NO3/c1-2-5-12-10(13)8-6-3-4-7(15-6)9(8)11(12)14/h6-9H,2-5H2,1H3/t6-,7+,8-,9-/m0/s1. The molecule has 0 aromatic rings. The highest BCUT2D eigenvalue weighted by molar-refractivity contribution is 6.06. The Morgan fingerprint density at radius 1 is 1.20 bits per heavy atom. The fourth-order valence-electron chi connectivity index (χ4n) is 3.22. The van der Waals surface area contributed by atoms with Gasteiger partial charge in [-0.1, -0.05) is 6.92 Å². The van der Waals surface area contributed by atoms with Crippen LogP contribution in [0.1, 0.15) is 26.2 Å². The lowest BCUT2D eigenvalue weighted by Gasteiger charge is -2.15. The molecule has 2 amide bonds. The fourth-order valence-corrected chi connectivity index (χ4v) is 3.22. The summed E-state index contributed by atoms with van der Waals surface area (Å²) in [4.78, 5) is 25.5. The van der Waals surface area contributed by atoms with Crippen LogP contribution in [-0.2, 0) is 14.3 Å². The smallest absolute Gasteiger partial charge is 0.235 e. The summed E-state index contributed by atoms with van der Waals surface area (Å²) < 4.78 is 5.64. The molecule has 4 heteroatoms.